The number of hydrogen-bond acceptors (Lipinski definition) is 4. The van der Waals surface area contributed by atoms with E-state index < -0.39 is 0 Å². The molecule has 0 atom stereocenters. The Kier molecular flexibility index (Phi) is 6.49. The number of para-hydroxylation sites is 2. The van der Waals surface area contributed by atoms with E-state index in [0.29, 0.717) is 48.3 Å². The second-order valence-electron chi connectivity index (χ2n) is 4.91. The monoisotopic (exact) mass is 329 g/mol. The Morgan fingerprint density at radius 2 is 1.54 bits per heavy atom. The van der Waals surface area contributed by atoms with E-state index in [1.165, 1.54) is 0 Å². The second-order valence-corrected chi connectivity index (χ2v) is 4.91. The van der Waals surface area contributed by atoms with Crippen molar-refractivity contribution < 1.29 is 19.0 Å². The first-order chi connectivity index (χ1) is 11.7. The summed E-state index contributed by atoms with van der Waals surface area (Å²) >= 11 is 0. The zero-order chi connectivity index (χ0) is 17.4. The maximum absolute atomic E-state index is 12.6. The number of nitrogens with one attached hydrogen (secondary N) is 1. The number of ether oxygens (including phenoxy) is 3. The Morgan fingerprint density at radius 1 is 0.875 bits per heavy atom. The highest BCUT2D eigenvalue weighted by atomic mass is 16.5. The number of rotatable bonds is 8. The van der Waals surface area contributed by atoms with Gasteiger partial charge in [0, 0.05) is 6.07 Å². The Bertz CT molecular complexity index is 685. The molecule has 24 heavy (non-hydrogen) atoms. The van der Waals surface area contributed by atoms with Crippen LogP contribution in [0.5, 0.6) is 17.2 Å². The van der Waals surface area contributed by atoms with Gasteiger partial charge in [0.25, 0.3) is 5.91 Å². The smallest absolute Gasteiger partial charge is 0.259 e. The van der Waals surface area contributed by atoms with Gasteiger partial charge in [0.1, 0.15) is 17.2 Å². The van der Waals surface area contributed by atoms with Crippen LogP contribution < -0.4 is 19.5 Å². The van der Waals surface area contributed by atoms with E-state index in [9.17, 15) is 4.79 Å². The fourth-order valence-electron chi connectivity index (χ4n) is 2.26. The summed E-state index contributed by atoms with van der Waals surface area (Å²) in [5.74, 6) is 1.55. The topological polar surface area (TPSA) is 56.8 Å². The Hall–Kier alpha value is -2.69. The molecule has 1 amide bonds. The fraction of sp³-hybridized carbons (Fsp3) is 0.316. The summed E-state index contributed by atoms with van der Waals surface area (Å²) in [5, 5.41) is 2.88. The fourth-order valence-corrected chi connectivity index (χ4v) is 2.26. The molecule has 0 unspecified atom stereocenters. The van der Waals surface area contributed by atoms with Crippen LogP contribution in [-0.4, -0.2) is 25.7 Å². The van der Waals surface area contributed by atoms with Crippen molar-refractivity contribution in [2.24, 2.45) is 0 Å². The molecule has 0 saturated heterocycles. The van der Waals surface area contributed by atoms with Gasteiger partial charge in [0.2, 0.25) is 0 Å². The number of carbonyl (C=O) groups is 1. The van der Waals surface area contributed by atoms with Gasteiger partial charge in [-0.25, -0.2) is 0 Å². The second kappa shape index (κ2) is 8.82. The van der Waals surface area contributed by atoms with Crippen molar-refractivity contribution in [3.63, 3.8) is 0 Å². The number of anilines is 1. The van der Waals surface area contributed by atoms with E-state index in [0.717, 1.165) is 0 Å². The maximum atomic E-state index is 12.6. The molecular weight excluding hydrogens is 306 g/mol. The lowest BCUT2D eigenvalue weighted by Gasteiger charge is -2.14. The third-order valence-electron chi connectivity index (χ3n) is 3.24. The molecule has 0 bridgehead atoms. The van der Waals surface area contributed by atoms with Gasteiger partial charge in [-0.05, 0) is 45.0 Å². The highest BCUT2D eigenvalue weighted by Gasteiger charge is 2.15. The summed E-state index contributed by atoms with van der Waals surface area (Å²) in [6.07, 6.45) is 0. The molecule has 2 aromatic rings. The van der Waals surface area contributed by atoms with Crippen LogP contribution in [0.2, 0.25) is 0 Å². The van der Waals surface area contributed by atoms with Gasteiger partial charge in [-0.3, -0.25) is 4.79 Å². The van der Waals surface area contributed by atoms with Crippen LogP contribution in [0.1, 0.15) is 31.1 Å². The van der Waals surface area contributed by atoms with E-state index in [4.69, 9.17) is 14.2 Å². The van der Waals surface area contributed by atoms with Gasteiger partial charge >= 0.3 is 0 Å². The van der Waals surface area contributed by atoms with Crippen LogP contribution in [0.25, 0.3) is 0 Å². The molecule has 1 N–H and O–H groups in total. The Balaban J connectivity index is 2.26. The number of benzene rings is 2. The molecule has 0 fully saturated rings. The minimum Gasteiger partial charge on any atom is -0.494 e. The predicted molar refractivity (Wildman–Crippen MR) is 94.3 cm³/mol. The first-order valence-corrected chi connectivity index (χ1v) is 8.12. The van der Waals surface area contributed by atoms with E-state index in [1.54, 1.807) is 24.3 Å². The highest BCUT2D eigenvalue weighted by Crippen LogP contribution is 2.28. The zero-order valence-electron chi connectivity index (χ0n) is 14.3. The summed E-state index contributed by atoms with van der Waals surface area (Å²) in [7, 11) is 0. The standard InChI is InChI=1S/C19H23NO4/c1-4-22-14-11-12-15(18(13-14)24-6-3)19(21)20-16-9-7-8-10-17(16)23-5-2/h7-13H,4-6H2,1-3H3,(H,20,21). The van der Waals surface area contributed by atoms with Gasteiger partial charge in [-0.15, -0.1) is 0 Å². The summed E-state index contributed by atoms with van der Waals surface area (Å²) in [4.78, 5) is 12.6. The lowest BCUT2D eigenvalue weighted by molar-refractivity contribution is 0.102. The minimum absolute atomic E-state index is 0.256. The van der Waals surface area contributed by atoms with Gasteiger partial charge < -0.3 is 19.5 Å². The summed E-state index contributed by atoms with van der Waals surface area (Å²) in [6.45, 7) is 7.23. The van der Waals surface area contributed by atoms with Crippen molar-refractivity contribution in [3.8, 4) is 17.2 Å². The maximum Gasteiger partial charge on any atom is 0.259 e. The zero-order valence-corrected chi connectivity index (χ0v) is 14.3. The largest absolute Gasteiger partial charge is 0.494 e. The van der Waals surface area contributed by atoms with E-state index >= 15 is 0 Å². The molecule has 5 nitrogen and oxygen atoms in total. The minimum atomic E-state index is -0.256. The molecule has 0 aliphatic rings. The van der Waals surface area contributed by atoms with Crippen LogP contribution in [-0.2, 0) is 0 Å². The van der Waals surface area contributed by atoms with Crippen molar-refractivity contribution in [3.05, 3.63) is 48.0 Å². The Morgan fingerprint density at radius 3 is 2.25 bits per heavy atom. The van der Waals surface area contributed by atoms with Crippen LogP contribution in [0.15, 0.2) is 42.5 Å². The molecule has 0 heterocycles. The molecular formula is C19H23NO4. The van der Waals surface area contributed by atoms with Crippen LogP contribution >= 0.6 is 0 Å². The first-order valence-electron chi connectivity index (χ1n) is 8.12. The quantitative estimate of drug-likeness (QED) is 0.791. The molecule has 0 aliphatic carbocycles. The van der Waals surface area contributed by atoms with Crippen LogP contribution in [0, 0.1) is 0 Å². The molecule has 0 aliphatic heterocycles. The van der Waals surface area contributed by atoms with Crippen molar-refractivity contribution in [2.75, 3.05) is 25.1 Å². The van der Waals surface area contributed by atoms with Crippen molar-refractivity contribution >= 4 is 11.6 Å². The summed E-state index contributed by atoms with van der Waals surface area (Å²) in [5.41, 5.74) is 1.08. The van der Waals surface area contributed by atoms with Gasteiger partial charge in [-0.1, -0.05) is 12.1 Å². The predicted octanol–water partition coefficient (Wildman–Crippen LogP) is 4.14. The average Bonchev–Trinajstić information content (AvgIpc) is 2.58. The normalized spacial score (nSPS) is 10.1. The molecule has 128 valence electrons. The highest BCUT2D eigenvalue weighted by molar-refractivity contribution is 6.07. The molecule has 0 aromatic heterocycles. The van der Waals surface area contributed by atoms with Crippen LogP contribution in [0.4, 0.5) is 5.69 Å². The van der Waals surface area contributed by atoms with E-state index in [2.05, 4.69) is 5.32 Å². The van der Waals surface area contributed by atoms with Gasteiger partial charge in [-0.2, -0.15) is 0 Å². The molecule has 5 heteroatoms. The average molecular weight is 329 g/mol. The lowest BCUT2D eigenvalue weighted by atomic mass is 10.1. The van der Waals surface area contributed by atoms with Crippen molar-refractivity contribution in [1.82, 2.24) is 0 Å². The van der Waals surface area contributed by atoms with Crippen molar-refractivity contribution in [2.45, 2.75) is 20.8 Å². The third-order valence-corrected chi connectivity index (χ3v) is 3.24. The molecule has 2 rings (SSSR count). The third kappa shape index (κ3) is 4.41. The molecule has 0 radical (unpaired) electrons. The van der Waals surface area contributed by atoms with Gasteiger partial charge in [0.05, 0.1) is 31.1 Å². The number of hydrogen-bond donors (Lipinski definition) is 1. The van der Waals surface area contributed by atoms with E-state index in [1.807, 2.05) is 39.0 Å². The van der Waals surface area contributed by atoms with E-state index in [-0.39, 0.29) is 5.91 Å². The Labute approximate surface area is 142 Å². The molecule has 0 saturated carbocycles. The molecule has 2 aromatic carbocycles. The SMILES string of the molecule is CCOc1ccc(C(=O)Nc2ccccc2OCC)c(OCC)c1. The summed E-state index contributed by atoms with van der Waals surface area (Å²) < 4.78 is 16.6. The van der Waals surface area contributed by atoms with Crippen molar-refractivity contribution in [1.29, 1.82) is 0 Å². The first kappa shape index (κ1) is 17.7. The number of amides is 1. The summed E-state index contributed by atoms with van der Waals surface area (Å²) in [6, 6.07) is 12.5. The van der Waals surface area contributed by atoms with Crippen LogP contribution in [0.3, 0.4) is 0 Å². The molecule has 0 spiro atoms. The lowest BCUT2D eigenvalue weighted by Crippen LogP contribution is -2.14. The van der Waals surface area contributed by atoms with Gasteiger partial charge in [0.15, 0.2) is 0 Å². The number of carbonyl (C=O) groups excluding carboxylic acids is 1.